The van der Waals surface area contributed by atoms with Crippen LogP contribution in [-0.2, 0) is 13.0 Å². The van der Waals surface area contributed by atoms with Gasteiger partial charge in [-0.15, -0.1) is 0 Å². The largest absolute Gasteiger partial charge is 0.459 e. The molecule has 2 aromatic rings. The van der Waals surface area contributed by atoms with E-state index in [1.807, 2.05) is 0 Å². The van der Waals surface area contributed by atoms with Crippen LogP contribution in [0.2, 0.25) is 0 Å². The number of fused-ring (bicyclic) bond motifs is 1. The van der Waals surface area contributed by atoms with E-state index in [1.165, 1.54) is 17.0 Å². The van der Waals surface area contributed by atoms with Gasteiger partial charge in [-0.05, 0) is 38.5 Å². The smallest absolute Gasteiger partial charge is 0.151 e. The summed E-state index contributed by atoms with van der Waals surface area (Å²) in [7, 11) is 0. The van der Waals surface area contributed by atoms with Gasteiger partial charge in [0, 0.05) is 24.2 Å². The van der Waals surface area contributed by atoms with Crippen LogP contribution in [0.1, 0.15) is 30.4 Å². The number of furan rings is 1. The fourth-order valence-electron chi connectivity index (χ4n) is 2.53. The van der Waals surface area contributed by atoms with Gasteiger partial charge in [-0.2, -0.15) is 0 Å². The van der Waals surface area contributed by atoms with Gasteiger partial charge in [0.05, 0.1) is 5.69 Å². The third-order valence-corrected chi connectivity index (χ3v) is 3.44. The molecule has 0 aliphatic heterocycles. The maximum Gasteiger partial charge on any atom is 0.151 e. The highest BCUT2D eigenvalue weighted by molar-refractivity contribution is 5.64. The lowest BCUT2D eigenvalue weighted by molar-refractivity contribution is 0.515. The number of allylic oxidation sites excluding steroid dienone is 1. The van der Waals surface area contributed by atoms with Crippen molar-refractivity contribution in [1.82, 2.24) is 4.57 Å². The van der Waals surface area contributed by atoms with Crippen LogP contribution in [0.4, 0.5) is 0 Å². The van der Waals surface area contributed by atoms with Crippen LogP contribution >= 0.6 is 0 Å². The van der Waals surface area contributed by atoms with Crippen LogP contribution in [0.3, 0.4) is 0 Å². The van der Waals surface area contributed by atoms with Crippen LogP contribution in [0.25, 0.3) is 17.5 Å². The number of aromatic nitrogens is 1. The Morgan fingerprint density at radius 1 is 1.35 bits per heavy atom. The van der Waals surface area contributed by atoms with Gasteiger partial charge >= 0.3 is 0 Å². The number of hydrogen-bond donors (Lipinski definition) is 0. The van der Waals surface area contributed by atoms with Gasteiger partial charge in [0.1, 0.15) is 5.76 Å². The van der Waals surface area contributed by atoms with E-state index in [9.17, 15) is 0 Å². The highest BCUT2D eigenvalue weighted by Crippen LogP contribution is 2.30. The first kappa shape index (κ1) is 10.5. The highest BCUT2D eigenvalue weighted by atomic mass is 16.3. The molecule has 2 aromatic heterocycles. The average molecular weight is 227 g/mol. The Hall–Kier alpha value is -1.70. The molecule has 0 amide bonds. The van der Waals surface area contributed by atoms with E-state index in [0.717, 1.165) is 30.9 Å². The minimum absolute atomic E-state index is 0.982. The Bertz CT molecular complexity index is 572. The number of hydrogen-bond acceptors (Lipinski definition) is 1. The van der Waals surface area contributed by atoms with Crippen LogP contribution < -0.4 is 0 Å². The molecule has 2 heteroatoms. The van der Waals surface area contributed by atoms with Gasteiger partial charge in [-0.25, -0.2) is 0 Å². The van der Waals surface area contributed by atoms with E-state index in [1.54, 1.807) is 0 Å². The normalized spacial score (nSPS) is 14.0. The molecule has 2 heterocycles. The van der Waals surface area contributed by atoms with Gasteiger partial charge in [0.25, 0.3) is 0 Å². The van der Waals surface area contributed by atoms with Crippen LogP contribution in [0.15, 0.2) is 28.7 Å². The second-order valence-corrected chi connectivity index (χ2v) is 4.53. The Balaban J connectivity index is 2.09. The lowest BCUT2D eigenvalue weighted by Gasteiger charge is -2.06. The predicted molar refractivity (Wildman–Crippen MR) is 69.9 cm³/mol. The van der Waals surface area contributed by atoms with Crippen molar-refractivity contribution in [3.8, 4) is 11.5 Å². The van der Waals surface area contributed by atoms with Gasteiger partial charge in [-0.3, -0.25) is 0 Å². The summed E-state index contributed by atoms with van der Waals surface area (Å²) in [6.45, 7) is 5.28. The molecule has 3 rings (SSSR count). The quantitative estimate of drug-likeness (QED) is 0.757. The van der Waals surface area contributed by atoms with Crippen molar-refractivity contribution in [3.63, 3.8) is 0 Å². The van der Waals surface area contributed by atoms with Crippen molar-refractivity contribution in [2.75, 3.05) is 0 Å². The van der Waals surface area contributed by atoms with E-state index < -0.39 is 0 Å². The molecule has 0 radical (unpaired) electrons. The fourth-order valence-corrected chi connectivity index (χ4v) is 2.53. The van der Waals surface area contributed by atoms with Gasteiger partial charge in [-0.1, -0.05) is 12.2 Å². The number of nitrogens with zero attached hydrogens (tertiary/aromatic N) is 1. The summed E-state index contributed by atoms with van der Waals surface area (Å²) in [6, 6.07) is 6.45. The summed E-state index contributed by atoms with van der Waals surface area (Å²) in [5, 5.41) is 0. The van der Waals surface area contributed by atoms with Gasteiger partial charge in [0.2, 0.25) is 0 Å². The zero-order chi connectivity index (χ0) is 11.8. The molecule has 0 unspecified atom stereocenters. The standard InChI is InChI=1S/C15H17NO/c1-3-16-11(2)8-9-13(16)15-10-12-6-4-5-7-14(12)17-15/h4,6,8-10H,3,5,7H2,1-2H3. The third kappa shape index (κ3) is 1.64. The number of aryl methyl sites for hydroxylation is 2. The second kappa shape index (κ2) is 3.95. The Kier molecular flexibility index (Phi) is 2.43. The monoisotopic (exact) mass is 227 g/mol. The first-order valence-electron chi connectivity index (χ1n) is 6.25. The van der Waals surface area contributed by atoms with E-state index >= 15 is 0 Å². The maximum absolute atomic E-state index is 5.98. The zero-order valence-corrected chi connectivity index (χ0v) is 10.4. The molecule has 0 spiro atoms. The number of rotatable bonds is 2. The van der Waals surface area contributed by atoms with Crippen molar-refractivity contribution in [2.24, 2.45) is 0 Å². The summed E-state index contributed by atoms with van der Waals surface area (Å²) in [5.74, 6) is 2.13. The molecule has 0 saturated carbocycles. The molecular formula is C15H17NO. The summed E-state index contributed by atoms with van der Waals surface area (Å²) in [5.41, 5.74) is 3.72. The van der Waals surface area contributed by atoms with Gasteiger partial charge in [0.15, 0.2) is 5.76 Å². The first-order valence-corrected chi connectivity index (χ1v) is 6.25. The zero-order valence-electron chi connectivity index (χ0n) is 10.4. The van der Waals surface area contributed by atoms with Gasteiger partial charge < -0.3 is 8.98 Å². The van der Waals surface area contributed by atoms with E-state index in [0.29, 0.717) is 0 Å². The first-order chi connectivity index (χ1) is 8.29. The molecule has 0 bridgehead atoms. The molecule has 17 heavy (non-hydrogen) atoms. The summed E-state index contributed by atoms with van der Waals surface area (Å²) < 4.78 is 8.26. The lowest BCUT2D eigenvalue weighted by Crippen LogP contribution is -1.98. The van der Waals surface area contributed by atoms with Crippen molar-refractivity contribution < 1.29 is 4.42 Å². The van der Waals surface area contributed by atoms with E-state index in [2.05, 4.69) is 48.8 Å². The molecule has 0 fully saturated rings. The van der Waals surface area contributed by atoms with Crippen LogP contribution in [-0.4, -0.2) is 4.57 Å². The van der Waals surface area contributed by atoms with Crippen molar-refractivity contribution >= 4 is 6.08 Å². The topological polar surface area (TPSA) is 18.1 Å². The SMILES string of the molecule is CCn1c(C)ccc1-c1cc2c(o1)CCC=C2. The summed E-state index contributed by atoms with van der Waals surface area (Å²) in [6.07, 6.45) is 6.50. The Labute approximate surface area is 102 Å². The Morgan fingerprint density at radius 2 is 2.24 bits per heavy atom. The van der Waals surface area contributed by atoms with Crippen molar-refractivity contribution in [3.05, 3.63) is 41.3 Å². The molecular weight excluding hydrogens is 210 g/mol. The molecule has 2 nitrogen and oxygen atoms in total. The third-order valence-electron chi connectivity index (χ3n) is 3.44. The maximum atomic E-state index is 5.98. The van der Waals surface area contributed by atoms with Crippen molar-refractivity contribution in [1.29, 1.82) is 0 Å². The molecule has 0 N–H and O–H groups in total. The second-order valence-electron chi connectivity index (χ2n) is 4.53. The Morgan fingerprint density at radius 3 is 3.00 bits per heavy atom. The molecule has 1 aliphatic rings. The summed E-state index contributed by atoms with van der Waals surface area (Å²) in [4.78, 5) is 0. The molecule has 0 saturated heterocycles. The summed E-state index contributed by atoms with van der Waals surface area (Å²) >= 11 is 0. The lowest BCUT2D eigenvalue weighted by atomic mass is 10.1. The average Bonchev–Trinajstić information content (AvgIpc) is 2.91. The minimum atomic E-state index is 0.982. The molecule has 88 valence electrons. The minimum Gasteiger partial charge on any atom is -0.459 e. The van der Waals surface area contributed by atoms with Crippen molar-refractivity contribution in [2.45, 2.75) is 33.2 Å². The van der Waals surface area contributed by atoms with Crippen LogP contribution in [0, 0.1) is 6.92 Å². The molecule has 0 atom stereocenters. The highest BCUT2D eigenvalue weighted by Gasteiger charge is 2.15. The van der Waals surface area contributed by atoms with E-state index in [4.69, 9.17) is 4.42 Å². The fraction of sp³-hybridized carbons (Fsp3) is 0.333. The molecule has 0 aromatic carbocycles. The predicted octanol–water partition coefficient (Wildman–Crippen LogP) is 4.04. The van der Waals surface area contributed by atoms with Crippen LogP contribution in [0.5, 0.6) is 0 Å². The van der Waals surface area contributed by atoms with E-state index in [-0.39, 0.29) is 0 Å². The molecule has 1 aliphatic carbocycles.